The predicted octanol–water partition coefficient (Wildman–Crippen LogP) is 0.285. The normalized spacial score (nSPS) is 39.0. The summed E-state index contributed by atoms with van der Waals surface area (Å²) in [4.78, 5) is 2.30. The monoisotopic (exact) mass is 128 g/mol. The van der Waals surface area contributed by atoms with Crippen molar-refractivity contribution in [3.63, 3.8) is 0 Å². The van der Waals surface area contributed by atoms with Gasteiger partial charge in [-0.3, -0.25) is 0 Å². The molecule has 2 nitrogen and oxygen atoms in total. The molecule has 0 saturated carbocycles. The summed E-state index contributed by atoms with van der Waals surface area (Å²) in [5.74, 6) is 0.791. The van der Waals surface area contributed by atoms with Crippen molar-refractivity contribution in [3.8, 4) is 0 Å². The van der Waals surface area contributed by atoms with Crippen molar-refractivity contribution in [3.05, 3.63) is 0 Å². The number of nitrogens with two attached hydrogens (primary N) is 1. The zero-order chi connectivity index (χ0) is 6.85. The van der Waals surface area contributed by atoms with E-state index in [1.165, 1.54) is 13.0 Å². The van der Waals surface area contributed by atoms with E-state index in [1.54, 1.807) is 0 Å². The minimum absolute atomic E-state index is 0.416. The summed E-state index contributed by atoms with van der Waals surface area (Å²) < 4.78 is 0. The fourth-order valence-corrected chi connectivity index (χ4v) is 1.67. The largest absolute Gasteiger partial charge is 0.327 e. The van der Waals surface area contributed by atoms with E-state index in [1.807, 2.05) is 0 Å². The van der Waals surface area contributed by atoms with Crippen molar-refractivity contribution in [2.24, 2.45) is 11.7 Å². The standard InChI is InChI=1S/C7H16N2/c1-6-3-7(8)5-9(2)4-6/h6-7H,3-5,8H2,1-2H3/t6-,7-/m1/s1. The summed E-state index contributed by atoms with van der Waals surface area (Å²) in [6.45, 7) is 4.55. The average Bonchev–Trinajstić information content (AvgIpc) is 1.59. The molecule has 0 aromatic heterocycles. The van der Waals surface area contributed by atoms with Crippen LogP contribution in [-0.4, -0.2) is 31.1 Å². The third-order valence-electron chi connectivity index (χ3n) is 1.87. The predicted molar refractivity (Wildman–Crippen MR) is 39.3 cm³/mol. The Labute approximate surface area is 57.0 Å². The second kappa shape index (κ2) is 2.67. The summed E-state index contributed by atoms with van der Waals surface area (Å²) in [6, 6.07) is 0.416. The second-order valence-electron chi connectivity index (χ2n) is 3.32. The Morgan fingerprint density at radius 2 is 2.11 bits per heavy atom. The molecule has 1 heterocycles. The highest BCUT2D eigenvalue weighted by Crippen LogP contribution is 2.12. The number of hydrogen-bond donors (Lipinski definition) is 1. The number of hydrogen-bond acceptors (Lipinski definition) is 2. The highest BCUT2D eigenvalue weighted by molar-refractivity contribution is 4.76. The van der Waals surface area contributed by atoms with Gasteiger partial charge in [-0.15, -0.1) is 0 Å². The molecule has 0 radical (unpaired) electrons. The first-order valence-corrected chi connectivity index (χ1v) is 3.62. The van der Waals surface area contributed by atoms with Gasteiger partial charge in [0, 0.05) is 19.1 Å². The van der Waals surface area contributed by atoms with Gasteiger partial charge in [-0.1, -0.05) is 6.92 Å². The van der Waals surface area contributed by atoms with Crippen LogP contribution in [0.5, 0.6) is 0 Å². The van der Waals surface area contributed by atoms with Crippen LogP contribution in [0.25, 0.3) is 0 Å². The van der Waals surface area contributed by atoms with Crippen LogP contribution < -0.4 is 5.73 Å². The van der Waals surface area contributed by atoms with Gasteiger partial charge in [0.05, 0.1) is 0 Å². The maximum absolute atomic E-state index is 5.77. The molecule has 0 amide bonds. The van der Waals surface area contributed by atoms with Gasteiger partial charge in [0.2, 0.25) is 0 Å². The first-order valence-electron chi connectivity index (χ1n) is 3.62. The number of piperidine rings is 1. The lowest BCUT2D eigenvalue weighted by atomic mass is 9.97. The summed E-state index contributed by atoms with van der Waals surface area (Å²) in [5.41, 5.74) is 5.77. The van der Waals surface area contributed by atoms with E-state index in [9.17, 15) is 0 Å². The molecule has 2 atom stereocenters. The molecule has 0 bridgehead atoms. The Morgan fingerprint density at radius 3 is 2.56 bits per heavy atom. The number of rotatable bonds is 0. The molecule has 1 aliphatic heterocycles. The molecule has 0 spiro atoms. The molecular weight excluding hydrogens is 112 g/mol. The van der Waals surface area contributed by atoms with Gasteiger partial charge in [0.1, 0.15) is 0 Å². The fourth-order valence-electron chi connectivity index (χ4n) is 1.67. The summed E-state index contributed by atoms with van der Waals surface area (Å²) in [5, 5.41) is 0. The first-order chi connectivity index (χ1) is 4.18. The Kier molecular flexibility index (Phi) is 2.09. The van der Waals surface area contributed by atoms with E-state index in [0.717, 1.165) is 12.5 Å². The van der Waals surface area contributed by atoms with Crippen LogP contribution >= 0.6 is 0 Å². The summed E-state index contributed by atoms with van der Waals surface area (Å²) in [6.07, 6.45) is 1.20. The van der Waals surface area contributed by atoms with E-state index in [-0.39, 0.29) is 0 Å². The van der Waals surface area contributed by atoms with E-state index in [2.05, 4.69) is 18.9 Å². The van der Waals surface area contributed by atoms with Gasteiger partial charge in [-0.05, 0) is 19.4 Å². The SMILES string of the molecule is C[C@@H]1C[C@@H](N)CN(C)C1. The zero-order valence-corrected chi connectivity index (χ0v) is 6.30. The van der Waals surface area contributed by atoms with Crippen LogP contribution in [0.15, 0.2) is 0 Å². The van der Waals surface area contributed by atoms with Gasteiger partial charge in [-0.25, -0.2) is 0 Å². The van der Waals surface area contributed by atoms with Gasteiger partial charge in [0.25, 0.3) is 0 Å². The highest BCUT2D eigenvalue weighted by atomic mass is 15.1. The molecule has 1 rings (SSSR count). The van der Waals surface area contributed by atoms with Crippen LogP contribution in [0.4, 0.5) is 0 Å². The lowest BCUT2D eigenvalue weighted by Crippen LogP contribution is -2.44. The highest BCUT2D eigenvalue weighted by Gasteiger charge is 2.18. The van der Waals surface area contributed by atoms with E-state index in [4.69, 9.17) is 5.73 Å². The molecular formula is C7H16N2. The van der Waals surface area contributed by atoms with Crippen molar-refractivity contribution < 1.29 is 0 Å². The Balaban J connectivity index is 2.34. The van der Waals surface area contributed by atoms with Crippen molar-refractivity contribution in [2.75, 3.05) is 20.1 Å². The van der Waals surface area contributed by atoms with Gasteiger partial charge in [0.15, 0.2) is 0 Å². The summed E-state index contributed by atoms with van der Waals surface area (Å²) >= 11 is 0. The van der Waals surface area contributed by atoms with Crippen LogP contribution in [0, 0.1) is 5.92 Å². The molecule has 9 heavy (non-hydrogen) atoms. The number of likely N-dealkylation sites (N-methyl/N-ethyl adjacent to an activating group) is 1. The third-order valence-corrected chi connectivity index (χ3v) is 1.87. The van der Waals surface area contributed by atoms with Crippen molar-refractivity contribution in [1.82, 2.24) is 4.90 Å². The van der Waals surface area contributed by atoms with Crippen molar-refractivity contribution in [2.45, 2.75) is 19.4 Å². The quantitative estimate of drug-likeness (QED) is 0.508. The van der Waals surface area contributed by atoms with E-state index < -0.39 is 0 Å². The molecule has 54 valence electrons. The molecule has 2 N–H and O–H groups in total. The molecule has 0 unspecified atom stereocenters. The first kappa shape index (κ1) is 7.03. The molecule has 1 fully saturated rings. The van der Waals surface area contributed by atoms with Crippen LogP contribution in [0.2, 0.25) is 0 Å². The van der Waals surface area contributed by atoms with Gasteiger partial charge >= 0.3 is 0 Å². The maximum Gasteiger partial charge on any atom is 0.0170 e. The molecule has 0 aromatic carbocycles. The molecule has 2 heteroatoms. The Hall–Kier alpha value is -0.0800. The van der Waals surface area contributed by atoms with Crippen LogP contribution in [0.1, 0.15) is 13.3 Å². The van der Waals surface area contributed by atoms with Crippen molar-refractivity contribution >= 4 is 0 Å². The summed E-state index contributed by atoms with van der Waals surface area (Å²) in [7, 11) is 2.13. The zero-order valence-electron chi connectivity index (χ0n) is 6.30. The van der Waals surface area contributed by atoms with Crippen LogP contribution in [-0.2, 0) is 0 Å². The van der Waals surface area contributed by atoms with Gasteiger partial charge < -0.3 is 10.6 Å². The number of likely N-dealkylation sites (tertiary alicyclic amines) is 1. The third kappa shape index (κ3) is 1.95. The van der Waals surface area contributed by atoms with E-state index >= 15 is 0 Å². The minimum Gasteiger partial charge on any atom is -0.327 e. The molecule has 0 aliphatic carbocycles. The van der Waals surface area contributed by atoms with Gasteiger partial charge in [-0.2, -0.15) is 0 Å². The fraction of sp³-hybridized carbons (Fsp3) is 1.00. The topological polar surface area (TPSA) is 29.3 Å². The lowest BCUT2D eigenvalue weighted by molar-refractivity contribution is 0.199. The average molecular weight is 128 g/mol. The minimum atomic E-state index is 0.416. The van der Waals surface area contributed by atoms with Crippen molar-refractivity contribution in [1.29, 1.82) is 0 Å². The second-order valence-corrected chi connectivity index (χ2v) is 3.32. The number of nitrogens with zero attached hydrogens (tertiary/aromatic N) is 1. The molecule has 1 saturated heterocycles. The molecule has 1 aliphatic rings. The lowest BCUT2D eigenvalue weighted by Gasteiger charge is -2.31. The Bertz CT molecular complexity index is 67.9. The molecule has 0 aromatic rings. The maximum atomic E-state index is 5.77. The Morgan fingerprint density at radius 1 is 1.44 bits per heavy atom. The van der Waals surface area contributed by atoms with Crippen LogP contribution in [0.3, 0.4) is 0 Å². The van der Waals surface area contributed by atoms with E-state index in [0.29, 0.717) is 6.04 Å². The smallest absolute Gasteiger partial charge is 0.0170 e.